The third-order valence-electron chi connectivity index (χ3n) is 9.19. The van der Waals surface area contributed by atoms with Crippen LogP contribution < -0.4 is 0 Å². The summed E-state index contributed by atoms with van der Waals surface area (Å²) in [5, 5.41) is 43.8. The standard InChI is InChI=1S/C21H35NO4/c1-20-8-7-13(24)9-12(20)3-4-14-15-5-6-16(18(25)11-23)21(15,2)10-17(22-26)19(14)20/h12-16,18-19,23-26H,3-11H2,1-2H3. The highest BCUT2D eigenvalue weighted by Crippen LogP contribution is 2.67. The van der Waals surface area contributed by atoms with E-state index in [-0.39, 0.29) is 29.5 Å². The molecule has 0 heterocycles. The number of rotatable bonds is 2. The van der Waals surface area contributed by atoms with E-state index in [0.29, 0.717) is 23.7 Å². The summed E-state index contributed by atoms with van der Waals surface area (Å²) in [6.07, 6.45) is 6.92. The van der Waals surface area contributed by atoms with Crippen molar-refractivity contribution >= 4 is 5.71 Å². The van der Waals surface area contributed by atoms with E-state index < -0.39 is 6.10 Å². The van der Waals surface area contributed by atoms with Gasteiger partial charge in [0.2, 0.25) is 0 Å². The molecule has 5 nitrogen and oxygen atoms in total. The molecule has 5 heteroatoms. The molecule has 0 spiro atoms. The lowest BCUT2D eigenvalue weighted by atomic mass is 9.44. The van der Waals surface area contributed by atoms with E-state index in [9.17, 15) is 20.5 Å². The molecule has 0 amide bonds. The lowest BCUT2D eigenvalue weighted by molar-refractivity contribution is -0.0934. The average molecular weight is 366 g/mol. The molecular weight excluding hydrogens is 330 g/mol. The van der Waals surface area contributed by atoms with E-state index >= 15 is 0 Å². The van der Waals surface area contributed by atoms with Gasteiger partial charge < -0.3 is 20.5 Å². The van der Waals surface area contributed by atoms with Crippen molar-refractivity contribution in [2.75, 3.05) is 6.61 Å². The molecule has 26 heavy (non-hydrogen) atoms. The van der Waals surface area contributed by atoms with E-state index in [1.165, 1.54) is 0 Å². The van der Waals surface area contributed by atoms with Crippen molar-refractivity contribution < 1.29 is 20.5 Å². The molecule has 0 bridgehead atoms. The number of aliphatic hydroxyl groups excluding tert-OH is 3. The van der Waals surface area contributed by atoms with Crippen molar-refractivity contribution in [2.24, 2.45) is 45.6 Å². The fourth-order valence-corrected chi connectivity index (χ4v) is 7.98. The number of hydrogen-bond donors (Lipinski definition) is 4. The second kappa shape index (κ2) is 6.46. The number of oxime groups is 1. The van der Waals surface area contributed by atoms with E-state index in [0.717, 1.165) is 57.1 Å². The minimum atomic E-state index is -0.682. The maximum absolute atomic E-state index is 10.4. The molecule has 4 N–H and O–H groups in total. The summed E-state index contributed by atoms with van der Waals surface area (Å²) in [6, 6.07) is 0. The van der Waals surface area contributed by atoms with Gasteiger partial charge in [0.15, 0.2) is 0 Å². The van der Waals surface area contributed by atoms with Crippen LogP contribution in [0.4, 0.5) is 0 Å². The highest BCUT2D eigenvalue weighted by molar-refractivity contribution is 5.89. The Bertz CT molecular complexity index is 580. The van der Waals surface area contributed by atoms with Crippen LogP contribution in [0.1, 0.15) is 65.2 Å². The van der Waals surface area contributed by atoms with Gasteiger partial charge in [-0.1, -0.05) is 19.0 Å². The largest absolute Gasteiger partial charge is 0.411 e. The Morgan fingerprint density at radius 3 is 2.58 bits per heavy atom. The molecule has 9 atom stereocenters. The van der Waals surface area contributed by atoms with Crippen LogP contribution in [0.2, 0.25) is 0 Å². The summed E-state index contributed by atoms with van der Waals surface area (Å²) < 4.78 is 0. The van der Waals surface area contributed by atoms with Crippen molar-refractivity contribution in [2.45, 2.75) is 77.4 Å². The van der Waals surface area contributed by atoms with Gasteiger partial charge in [-0.15, -0.1) is 0 Å². The highest BCUT2D eigenvalue weighted by atomic mass is 16.4. The van der Waals surface area contributed by atoms with Crippen LogP contribution >= 0.6 is 0 Å². The Hall–Kier alpha value is -0.650. The second-order valence-electron chi connectivity index (χ2n) is 10.2. The summed E-state index contributed by atoms with van der Waals surface area (Å²) >= 11 is 0. The highest BCUT2D eigenvalue weighted by Gasteiger charge is 2.63. The third kappa shape index (κ3) is 2.50. The molecule has 4 aliphatic carbocycles. The number of fused-ring (bicyclic) bond motifs is 5. The molecule has 148 valence electrons. The average Bonchev–Trinajstić information content (AvgIpc) is 2.97. The minimum absolute atomic E-state index is 0.0777. The van der Waals surface area contributed by atoms with Gasteiger partial charge in [-0.3, -0.25) is 0 Å². The van der Waals surface area contributed by atoms with Crippen LogP contribution in [-0.4, -0.2) is 45.1 Å². The summed E-state index contributed by atoms with van der Waals surface area (Å²) in [5.74, 6) is 1.89. The fraction of sp³-hybridized carbons (Fsp3) is 0.952. The molecule has 4 fully saturated rings. The third-order valence-corrected chi connectivity index (χ3v) is 9.19. The van der Waals surface area contributed by atoms with Crippen LogP contribution in [0.25, 0.3) is 0 Å². The molecule has 9 unspecified atom stereocenters. The monoisotopic (exact) mass is 365 g/mol. The zero-order valence-corrected chi connectivity index (χ0v) is 16.1. The summed E-state index contributed by atoms with van der Waals surface area (Å²) in [5.41, 5.74) is 0.926. The van der Waals surface area contributed by atoms with Crippen molar-refractivity contribution in [1.82, 2.24) is 0 Å². The maximum Gasteiger partial charge on any atom is 0.0804 e. The molecule has 0 saturated heterocycles. The van der Waals surface area contributed by atoms with Gasteiger partial charge in [-0.05, 0) is 85.9 Å². The first-order valence-electron chi connectivity index (χ1n) is 10.5. The topological polar surface area (TPSA) is 93.3 Å². The first-order valence-corrected chi connectivity index (χ1v) is 10.5. The number of nitrogens with zero attached hydrogens (tertiary/aromatic N) is 1. The smallest absolute Gasteiger partial charge is 0.0804 e. The van der Waals surface area contributed by atoms with Crippen LogP contribution in [0.5, 0.6) is 0 Å². The summed E-state index contributed by atoms with van der Waals surface area (Å²) in [6.45, 7) is 4.42. The van der Waals surface area contributed by atoms with E-state index in [1.807, 2.05) is 0 Å². The zero-order chi connectivity index (χ0) is 18.7. The summed E-state index contributed by atoms with van der Waals surface area (Å²) in [7, 11) is 0. The number of hydrogen-bond acceptors (Lipinski definition) is 5. The van der Waals surface area contributed by atoms with E-state index in [1.54, 1.807) is 0 Å². The Morgan fingerprint density at radius 1 is 1.12 bits per heavy atom. The molecule has 0 radical (unpaired) electrons. The van der Waals surface area contributed by atoms with E-state index in [4.69, 9.17) is 0 Å². The van der Waals surface area contributed by atoms with Crippen molar-refractivity contribution in [3.63, 3.8) is 0 Å². The van der Waals surface area contributed by atoms with Gasteiger partial charge in [0.05, 0.1) is 24.5 Å². The minimum Gasteiger partial charge on any atom is -0.411 e. The van der Waals surface area contributed by atoms with Crippen LogP contribution in [0.15, 0.2) is 5.16 Å². The van der Waals surface area contributed by atoms with Crippen molar-refractivity contribution in [1.29, 1.82) is 0 Å². The number of aliphatic hydroxyl groups is 3. The lowest BCUT2D eigenvalue weighted by Crippen LogP contribution is -2.58. The zero-order valence-electron chi connectivity index (χ0n) is 16.1. The second-order valence-corrected chi connectivity index (χ2v) is 10.2. The Labute approximate surface area is 156 Å². The Morgan fingerprint density at radius 2 is 1.88 bits per heavy atom. The van der Waals surface area contributed by atoms with Crippen molar-refractivity contribution in [3.8, 4) is 0 Å². The molecule has 0 aliphatic heterocycles. The van der Waals surface area contributed by atoms with E-state index in [2.05, 4.69) is 19.0 Å². The van der Waals surface area contributed by atoms with Gasteiger partial charge in [-0.2, -0.15) is 0 Å². The van der Waals surface area contributed by atoms with Crippen LogP contribution in [0, 0.1) is 40.4 Å². The van der Waals surface area contributed by atoms with Gasteiger partial charge in [0.25, 0.3) is 0 Å². The SMILES string of the molecule is CC12CC(=NO)C3C(CCC4CC(O)CCC43C)C1CCC2C(O)CO. The van der Waals surface area contributed by atoms with Gasteiger partial charge in [0, 0.05) is 5.92 Å². The lowest BCUT2D eigenvalue weighted by Gasteiger charge is -2.60. The molecule has 4 saturated carbocycles. The maximum atomic E-state index is 10.4. The molecule has 4 aliphatic rings. The molecule has 0 aromatic heterocycles. The first kappa shape index (κ1) is 18.7. The molecule has 0 aromatic carbocycles. The predicted molar refractivity (Wildman–Crippen MR) is 98.9 cm³/mol. The molecule has 0 aromatic rings. The molecule has 4 rings (SSSR count). The van der Waals surface area contributed by atoms with Crippen LogP contribution in [0.3, 0.4) is 0 Å². The molecular formula is C21H35NO4. The summed E-state index contributed by atoms with van der Waals surface area (Å²) in [4.78, 5) is 0. The predicted octanol–water partition coefficient (Wildman–Crippen LogP) is 2.80. The van der Waals surface area contributed by atoms with Gasteiger partial charge >= 0.3 is 0 Å². The van der Waals surface area contributed by atoms with Crippen LogP contribution in [-0.2, 0) is 0 Å². The van der Waals surface area contributed by atoms with Gasteiger partial charge in [-0.25, -0.2) is 0 Å². The Kier molecular flexibility index (Phi) is 4.64. The van der Waals surface area contributed by atoms with Crippen molar-refractivity contribution in [3.05, 3.63) is 0 Å². The normalized spacial score (nSPS) is 53.7. The Balaban J connectivity index is 1.69. The quantitative estimate of drug-likeness (QED) is 0.447. The first-order chi connectivity index (χ1) is 12.3. The van der Waals surface area contributed by atoms with Gasteiger partial charge in [0.1, 0.15) is 0 Å². The fourth-order valence-electron chi connectivity index (χ4n) is 7.98.